The molecular weight excluding hydrogens is 439 g/mol. The molecule has 1 fully saturated rings. The third kappa shape index (κ3) is 4.91. The Morgan fingerprint density at radius 2 is 1.91 bits per heavy atom. The minimum Gasteiger partial charge on any atom is -0.376 e. The van der Waals surface area contributed by atoms with E-state index in [1.54, 1.807) is 12.1 Å². The van der Waals surface area contributed by atoms with E-state index in [1.165, 1.54) is 23.9 Å². The normalized spacial score (nSPS) is 15.7. The lowest BCUT2D eigenvalue weighted by Gasteiger charge is -2.15. The van der Waals surface area contributed by atoms with Crippen molar-refractivity contribution < 1.29 is 13.9 Å². The number of rotatable bonds is 7. The lowest BCUT2D eigenvalue weighted by Crippen LogP contribution is -2.18. The van der Waals surface area contributed by atoms with E-state index in [2.05, 4.69) is 15.5 Å². The van der Waals surface area contributed by atoms with E-state index >= 15 is 0 Å². The summed E-state index contributed by atoms with van der Waals surface area (Å²) in [5.74, 6) is 0.411. The summed E-state index contributed by atoms with van der Waals surface area (Å²) in [6.45, 7) is 1.33. The van der Waals surface area contributed by atoms with Crippen molar-refractivity contribution in [1.82, 2.24) is 14.8 Å². The molecule has 1 N–H and O–H groups in total. The fourth-order valence-electron chi connectivity index (χ4n) is 4.02. The summed E-state index contributed by atoms with van der Waals surface area (Å²) < 4.78 is 21.2. The summed E-state index contributed by atoms with van der Waals surface area (Å²) in [4.78, 5) is 12.7. The van der Waals surface area contributed by atoms with Crippen molar-refractivity contribution in [1.29, 1.82) is 0 Å². The van der Waals surface area contributed by atoms with E-state index < -0.39 is 0 Å². The summed E-state index contributed by atoms with van der Waals surface area (Å²) in [5, 5.41) is 14.4. The number of hydrogen-bond acceptors (Lipinski definition) is 5. The van der Waals surface area contributed by atoms with Crippen LogP contribution in [0.15, 0.2) is 71.9 Å². The zero-order chi connectivity index (χ0) is 22.6. The molecule has 5 rings (SSSR count). The molecule has 1 aliphatic heterocycles. The van der Waals surface area contributed by atoms with Crippen LogP contribution in [0.4, 0.5) is 10.1 Å². The Balaban J connectivity index is 1.34. The van der Waals surface area contributed by atoms with Gasteiger partial charge in [-0.15, -0.1) is 10.2 Å². The summed E-state index contributed by atoms with van der Waals surface area (Å²) >= 11 is 1.33. The van der Waals surface area contributed by atoms with Crippen LogP contribution in [-0.4, -0.2) is 39.1 Å². The lowest BCUT2D eigenvalue weighted by molar-refractivity contribution is -0.113. The number of thioether (sulfide) groups is 1. The average molecular weight is 463 g/mol. The predicted molar refractivity (Wildman–Crippen MR) is 128 cm³/mol. The molecule has 0 aliphatic carbocycles. The van der Waals surface area contributed by atoms with Crippen LogP contribution in [0, 0.1) is 5.82 Å². The smallest absolute Gasteiger partial charge is 0.234 e. The molecule has 168 valence electrons. The number of anilines is 1. The van der Waals surface area contributed by atoms with Crippen LogP contribution in [0.5, 0.6) is 0 Å². The maximum atomic E-state index is 13.4. The first-order chi connectivity index (χ1) is 16.2. The topological polar surface area (TPSA) is 69.0 Å². The second kappa shape index (κ2) is 9.72. The van der Waals surface area contributed by atoms with Gasteiger partial charge >= 0.3 is 0 Å². The number of nitrogens with one attached hydrogen (secondary N) is 1. The van der Waals surface area contributed by atoms with Crippen LogP contribution < -0.4 is 5.32 Å². The molecule has 0 bridgehead atoms. The van der Waals surface area contributed by atoms with Crippen molar-refractivity contribution in [3.63, 3.8) is 0 Å². The van der Waals surface area contributed by atoms with E-state index in [0.29, 0.717) is 17.5 Å². The molecule has 1 amide bonds. The molecule has 1 aromatic heterocycles. The van der Waals surface area contributed by atoms with Crippen molar-refractivity contribution in [3.05, 3.63) is 72.5 Å². The van der Waals surface area contributed by atoms with Crippen molar-refractivity contribution in [2.75, 3.05) is 17.7 Å². The fraction of sp³-hybridized carbons (Fsp3) is 0.240. The minimum atomic E-state index is -0.302. The zero-order valence-corrected chi connectivity index (χ0v) is 18.7. The van der Waals surface area contributed by atoms with Crippen molar-refractivity contribution in [2.24, 2.45) is 0 Å². The maximum absolute atomic E-state index is 13.4. The number of hydrogen-bond donors (Lipinski definition) is 1. The van der Waals surface area contributed by atoms with Gasteiger partial charge in [0.25, 0.3) is 0 Å². The Morgan fingerprint density at radius 3 is 2.73 bits per heavy atom. The molecule has 8 heteroatoms. The highest BCUT2D eigenvalue weighted by Gasteiger charge is 2.22. The summed E-state index contributed by atoms with van der Waals surface area (Å²) in [5.41, 5.74) is 1.56. The molecular formula is C25H23FN4O2S. The molecule has 0 spiro atoms. The number of halogens is 1. The summed E-state index contributed by atoms with van der Waals surface area (Å²) in [6.07, 6.45) is 2.06. The quantitative estimate of drug-likeness (QED) is 0.385. The van der Waals surface area contributed by atoms with Gasteiger partial charge in [-0.05, 0) is 48.6 Å². The molecule has 6 nitrogen and oxygen atoms in total. The number of amides is 1. The highest BCUT2D eigenvalue weighted by Crippen LogP contribution is 2.28. The van der Waals surface area contributed by atoms with Gasteiger partial charge in [0.2, 0.25) is 5.91 Å². The second-order valence-electron chi connectivity index (χ2n) is 7.92. The standard InChI is InChI=1S/C25H23FN4O2S/c26-19-12-10-18(11-13-19)24-28-29-25(30(24)15-20-7-4-14-32-20)33-16-23(31)27-22-9-3-6-17-5-1-2-8-21(17)22/h1-3,5-6,8-13,20H,4,7,14-16H2,(H,27,31). The number of carbonyl (C=O) groups excluding carboxylic acids is 1. The lowest BCUT2D eigenvalue weighted by atomic mass is 10.1. The second-order valence-corrected chi connectivity index (χ2v) is 8.86. The largest absolute Gasteiger partial charge is 0.376 e. The van der Waals surface area contributed by atoms with Crippen LogP contribution in [-0.2, 0) is 16.1 Å². The number of aromatic nitrogens is 3. The summed E-state index contributed by atoms with van der Waals surface area (Å²) in [7, 11) is 0. The van der Waals surface area contributed by atoms with Gasteiger partial charge in [0, 0.05) is 23.2 Å². The molecule has 0 radical (unpaired) electrons. The first kappa shape index (κ1) is 21.6. The summed E-state index contributed by atoms with van der Waals surface area (Å²) in [6, 6.07) is 20.0. The van der Waals surface area contributed by atoms with E-state index in [4.69, 9.17) is 4.74 Å². The number of benzene rings is 3. The van der Waals surface area contributed by atoms with Gasteiger partial charge in [-0.25, -0.2) is 4.39 Å². The van der Waals surface area contributed by atoms with Crippen LogP contribution in [0.1, 0.15) is 12.8 Å². The molecule has 1 aliphatic rings. The van der Waals surface area contributed by atoms with E-state index in [0.717, 1.165) is 41.5 Å². The van der Waals surface area contributed by atoms with Gasteiger partial charge in [0.1, 0.15) is 5.82 Å². The Labute approximate surface area is 195 Å². The van der Waals surface area contributed by atoms with Crippen molar-refractivity contribution in [2.45, 2.75) is 30.6 Å². The molecule has 1 unspecified atom stereocenters. The van der Waals surface area contributed by atoms with Gasteiger partial charge in [-0.3, -0.25) is 9.36 Å². The first-order valence-electron chi connectivity index (χ1n) is 10.9. The first-order valence-corrected chi connectivity index (χ1v) is 11.9. The van der Waals surface area contributed by atoms with Gasteiger partial charge in [0.15, 0.2) is 11.0 Å². The Bertz CT molecular complexity index is 1260. The fourth-order valence-corrected chi connectivity index (χ4v) is 4.76. The molecule has 1 saturated heterocycles. The molecule has 2 heterocycles. The van der Waals surface area contributed by atoms with Gasteiger partial charge in [-0.2, -0.15) is 0 Å². The highest BCUT2D eigenvalue weighted by atomic mass is 32.2. The maximum Gasteiger partial charge on any atom is 0.234 e. The van der Waals surface area contributed by atoms with Crippen LogP contribution in [0.2, 0.25) is 0 Å². The zero-order valence-electron chi connectivity index (χ0n) is 17.9. The van der Waals surface area contributed by atoms with E-state index in [-0.39, 0.29) is 23.6 Å². The van der Waals surface area contributed by atoms with Crippen molar-refractivity contribution in [3.8, 4) is 11.4 Å². The van der Waals surface area contributed by atoms with Crippen LogP contribution in [0.3, 0.4) is 0 Å². The van der Waals surface area contributed by atoms with Crippen LogP contribution >= 0.6 is 11.8 Å². The average Bonchev–Trinajstić information content (AvgIpc) is 3.49. The van der Waals surface area contributed by atoms with Crippen molar-refractivity contribution >= 4 is 34.1 Å². The monoisotopic (exact) mass is 462 g/mol. The predicted octanol–water partition coefficient (Wildman–Crippen LogP) is 5.15. The number of fused-ring (bicyclic) bond motifs is 1. The van der Waals surface area contributed by atoms with Gasteiger partial charge in [-0.1, -0.05) is 48.2 Å². The Morgan fingerprint density at radius 1 is 1.09 bits per heavy atom. The van der Waals surface area contributed by atoms with E-state index in [9.17, 15) is 9.18 Å². The Kier molecular flexibility index (Phi) is 6.37. The molecule has 1 atom stereocenters. The Hall–Kier alpha value is -3.23. The van der Waals surface area contributed by atoms with Gasteiger partial charge < -0.3 is 10.1 Å². The molecule has 3 aromatic carbocycles. The number of nitrogens with zero attached hydrogens (tertiary/aromatic N) is 3. The number of carbonyl (C=O) groups is 1. The highest BCUT2D eigenvalue weighted by molar-refractivity contribution is 7.99. The van der Waals surface area contributed by atoms with Gasteiger partial charge in [0.05, 0.1) is 18.4 Å². The van der Waals surface area contributed by atoms with Crippen LogP contribution in [0.25, 0.3) is 22.2 Å². The number of ether oxygens (including phenoxy) is 1. The third-order valence-electron chi connectivity index (χ3n) is 5.63. The third-order valence-corrected chi connectivity index (χ3v) is 6.59. The van der Waals surface area contributed by atoms with E-state index in [1.807, 2.05) is 47.0 Å². The molecule has 4 aromatic rings. The molecule has 0 saturated carbocycles. The molecule has 33 heavy (non-hydrogen) atoms. The minimum absolute atomic E-state index is 0.0732. The SMILES string of the molecule is O=C(CSc1nnc(-c2ccc(F)cc2)n1CC1CCCO1)Nc1cccc2ccccc12.